The van der Waals surface area contributed by atoms with Crippen LogP contribution in [0.3, 0.4) is 0 Å². The fraction of sp³-hybridized carbons (Fsp3) is 0.750. The van der Waals surface area contributed by atoms with Gasteiger partial charge in [0.2, 0.25) is 0 Å². The molecule has 0 saturated heterocycles. The third-order valence-corrected chi connectivity index (χ3v) is 4.13. The van der Waals surface area contributed by atoms with Crippen molar-refractivity contribution in [3.8, 4) is 0 Å². The van der Waals surface area contributed by atoms with Crippen molar-refractivity contribution in [2.75, 3.05) is 20.8 Å². The van der Waals surface area contributed by atoms with E-state index in [1.54, 1.807) is 7.11 Å². The Bertz CT molecular complexity index is 378. The maximum atomic E-state index is 14.0. The molecule has 3 nitrogen and oxygen atoms in total. The normalized spacial score (nSPS) is 34.4. The summed E-state index contributed by atoms with van der Waals surface area (Å²) >= 11 is 0. The summed E-state index contributed by atoms with van der Waals surface area (Å²) < 4.78 is 30.2. The SMILES string of the molecule is COC1C=C(COC2=CCCC(C)C2)CC(OC)C1F. The van der Waals surface area contributed by atoms with Crippen LogP contribution in [0.5, 0.6) is 0 Å². The van der Waals surface area contributed by atoms with Crippen LogP contribution in [0.4, 0.5) is 4.39 Å². The van der Waals surface area contributed by atoms with Crippen molar-refractivity contribution in [2.24, 2.45) is 5.92 Å². The molecule has 0 aromatic rings. The third kappa shape index (κ3) is 3.83. The molecule has 0 aromatic heterocycles. The number of hydrogen-bond donors (Lipinski definition) is 0. The van der Waals surface area contributed by atoms with E-state index < -0.39 is 18.4 Å². The largest absolute Gasteiger partial charge is 0.494 e. The lowest BCUT2D eigenvalue weighted by molar-refractivity contribution is -0.0398. The van der Waals surface area contributed by atoms with Gasteiger partial charge in [0.15, 0.2) is 6.17 Å². The molecule has 114 valence electrons. The number of allylic oxidation sites excluding steroid dienone is 2. The van der Waals surface area contributed by atoms with Gasteiger partial charge in [-0.15, -0.1) is 0 Å². The molecule has 4 atom stereocenters. The van der Waals surface area contributed by atoms with Gasteiger partial charge in [0.05, 0.1) is 11.9 Å². The Labute approximate surface area is 120 Å². The van der Waals surface area contributed by atoms with Crippen molar-refractivity contribution in [2.45, 2.75) is 51.0 Å². The first-order valence-electron chi connectivity index (χ1n) is 7.35. The molecule has 0 radical (unpaired) electrons. The first-order valence-corrected chi connectivity index (χ1v) is 7.35. The van der Waals surface area contributed by atoms with E-state index in [2.05, 4.69) is 13.0 Å². The number of halogens is 1. The number of hydrogen-bond acceptors (Lipinski definition) is 3. The minimum Gasteiger partial charge on any atom is -0.494 e. The minimum absolute atomic E-state index is 0.442. The monoisotopic (exact) mass is 284 g/mol. The summed E-state index contributed by atoms with van der Waals surface area (Å²) in [5.41, 5.74) is 1.05. The lowest BCUT2D eigenvalue weighted by Crippen LogP contribution is -2.39. The average molecular weight is 284 g/mol. The quantitative estimate of drug-likeness (QED) is 0.724. The number of methoxy groups -OCH3 is 2. The number of rotatable bonds is 5. The van der Waals surface area contributed by atoms with Gasteiger partial charge in [-0.25, -0.2) is 4.39 Å². The molecular formula is C16H25FO3. The van der Waals surface area contributed by atoms with Crippen molar-refractivity contribution < 1.29 is 18.6 Å². The number of alkyl halides is 1. The summed E-state index contributed by atoms with van der Waals surface area (Å²) in [7, 11) is 3.06. The second kappa shape index (κ2) is 7.23. The standard InChI is InChI=1S/C16H25FO3/c1-11-5-4-6-13(7-11)20-10-12-8-14(18-2)16(17)15(9-12)19-3/h6,8,11,14-16H,4-5,7,9-10H2,1-3H3. The zero-order valence-corrected chi connectivity index (χ0v) is 12.6. The summed E-state index contributed by atoms with van der Waals surface area (Å²) in [6, 6.07) is 0. The minimum atomic E-state index is -1.11. The molecule has 4 unspecified atom stereocenters. The van der Waals surface area contributed by atoms with E-state index in [9.17, 15) is 4.39 Å². The van der Waals surface area contributed by atoms with Gasteiger partial charge in [-0.05, 0) is 30.4 Å². The molecule has 0 fully saturated rings. The predicted octanol–water partition coefficient (Wildman–Crippen LogP) is 3.41. The Morgan fingerprint density at radius 2 is 2.05 bits per heavy atom. The molecule has 20 heavy (non-hydrogen) atoms. The van der Waals surface area contributed by atoms with Gasteiger partial charge in [0, 0.05) is 27.1 Å². The first-order chi connectivity index (χ1) is 9.63. The highest BCUT2D eigenvalue weighted by Gasteiger charge is 2.33. The Kier molecular flexibility index (Phi) is 5.61. The van der Waals surface area contributed by atoms with Gasteiger partial charge in [0.1, 0.15) is 12.7 Å². The van der Waals surface area contributed by atoms with E-state index in [-0.39, 0.29) is 0 Å². The molecule has 0 amide bonds. The molecule has 0 N–H and O–H groups in total. The van der Waals surface area contributed by atoms with Crippen LogP contribution in [0.2, 0.25) is 0 Å². The molecule has 0 heterocycles. The summed E-state index contributed by atoms with van der Waals surface area (Å²) in [5, 5.41) is 0. The Morgan fingerprint density at radius 3 is 2.70 bits per heavy atom. The van der Waals surface area contributed by atoms with Crippen LogP contribution in [0, 0.1) is 5.92 Å². The smallest absolute Gasteiger partial charge is 0.156 e. The molecule has 0 spiro atoms. The highest BCUT2D eigenvalue weighted by Crippen LogP contribution is 2.28. The highest BCUT2D eigenvalue weighted by molar-refractivity contribution is 5.16. The molecule has 0 aliphatic heterocycles. The average Bonchev–Trinajstić information content (AvgIpc) is 2.46. The Morgan fingerprint density at radius 1 is 1.25 bits per heavy atom. The van der Waals surface area contributed by atoms with Crippen molar-refractivity contribution >= 4 is 0 Å². The summed E-state index contributed by atoms with van der Waals surface area (Å²) in [6.07, 6.45) is 5.81. The summed E-state index contributed by atoms with van der Waals surface area (Å²) in [4.78, 5) is 0. The van der Waals surface area contributed by atoms with E-state index in [4.69, 9.17) is 14.2 Å². The molecule has 2 rings (SSSR count). The topological polar surface area (TPSA) is 27.7 Å². The van der Waals surface area contributed by atoms with E-state index in [1.165, 1.54) is 13.5 Å². The first kappa shape index (κ1) is 15.5. The summed E-state index contributed by atoms with van der Waals surface area (Å²) in [5.74, 6) is 1.75. The van der Waals surface area contributed by atoms with Gasteiger partial charge >= 0.3 is 0 Å². The van der Waals surface area contributed by atoms with Crippen molar-refractivity contribution in [3.05, 3.63) is 23.5 Å². The maximum absolute atomic E-state index is 14.0. The van der Waals surface area contributed by atoms with Gasteiger partial charge in [0.25, 0.3) is 0 Å². The molecule has 0 aromatic carbocycles. The van der Waals surface area contributed by atoms with E-state index in [0.717, 1.165) is 24.2 Å². The van der Waals surface area contributed by atoms with Crippen LogP contribution < -0.4 is 0 Å². The van der Waals surface area contributed by atoms with Crippen LogP contribution in [-0.4, -0.2) is 39.2 Å². The zero-order chi connectivity index (χ0) is 14.5. The van der Waals surface area contributed by atoms with Gasteiger partial charge in [-0.3, -0.25) is 0 Å². The van der Waals surface area contributed by atoms with Crippen molar-refractivity contribution in [1.29, 1.82) is 0 Å². The van der Waals surface area contributed by atoms with Crippen LogP contribution in [0.15, 0.2) is 23.5 Å². The summed E-state index contributed by atoms with van der Waals surface area (Å²) in [6.45, 7) is 2.75. The van der Waals surface area contributed by atoms with Crippen molar-refractivity contribution in [1.82, 2.24) is 0 Å². The van der Waals surface area contributed by atoms with Gasteiger partial charge in [-0.2, -0.15) is 0 Å². The van der Waals surface area contributed by atoms with Crippen LogP contribution in [-0.2, 0) is 14.2 Å². The lowest BCUT2D eigenvalue weighted by Gasteiger charge is -2.31. The Hall–Kier alpha value is -0.870. The molecular weight excluding hydrogens is 259 g/mol. The lowest BCUT2D eigenvalue weighted by atomic mass is 9.93. The van der Waals surface area contributed by atoms with Crippen LogP contribution >= 0.6 is 0 Å². The second-order valence-electron chi connectivity index (χ2n) is 5.79. The van der Waals surface area contributed by atoms with Crippen LogP contribution in [0.1, 0.15) is 32.6 Å². The molecule has 2 aliphatic rings. The van der Waals surface area contributed by atoms with Crippen molar-refractivity contribution in [3.63, 3.8) is 0 Å². The van der Waals surface area contributed by atoms with E-state index in [1.807, 2.05) is 6.08 Å². The predicted molar refractivity (Wildman–Crippen MR) is 76.2 cm³/mol. The molecule has 4 heteroatoms. The van der Waals surface area contributed by atoms with Gasteiger partial charge < -0.3 is 14.2 Å². The third-order valence-electron chi connectivity index (χ3n) is 4.13. The van der Waals surface area contributed by atoms with Gasteiger partial charge in [-0.1, -0.05) is 13.0 Å². The van der Waals surface area contributed by atoms with E-state index >= 15 is 0 Å². The second-order valence-corrected chi connectivity index (χ2v) is 5.79. The fourth-order valence-electron chi connectivity index (χ4n) is 2.85. The highest BCUT2D eigenvalue weighted by atomic mass is 19.1. The molecule has 0 bridgehead atoms. The van der Waals surface area contributed by atoms with E-state index in [0.29, 0.717) is 18.9 Å². The Balaban J connectivity index is 1.93. The molecule has 0 saturated carbocycles. The fourth-order valence-corrected chi connectivity index (χ4v) is 2.85. The maximum Gasteiger partial charge on any atom is 0.156 e. The molecule has 2 aliphatic carbocycles. The van der Waals surface area contributed by atoms with Crippen LogP contribution in [0.25, 0.3) is 0 Å². The zero-order valence-electron chi connectivity index (χ0n) is 12.6. The number of ether oxygens (including phenoxy) is 3.